The number of aryl methyl sites for hydroxylation is 2. The molecule has 1 aromatic heterocycles. The Morgan fingerprint density at radius 1 is 1.00 bits per heavy atom. The lowest BCUT2D eigenvalue weighted by Crippen LogP contribution is -1.93. The second-order valence-corrected chi connectivity index (χ2v) is 5.97. The summed E-state index contributed by atoms with van der Waals surface area (Å²) in [6.07, 6.45) is 9.03. The predicted octanol–water partition coefficient (Wildman–Crippen LogP) is 5.64. The van der Waals surface area contributed by atoms with Crippen LogP contribution < -0.4 is 0 Å². The summed E-state index contributed by atoms with van der Waals surface area (Å²) in [4.78, 5) is 0. The van der Waals surface area contributed by atoms with Crippen molar-refractivity contribution in [3.8, 4) is 0 Å². The van der Waals surface area contributed by atoms with Crippen molar-refractivity contribution in [2.75, 3.05) is 0 Å². The van der Waals surface area contributed by atoms with Crippen molar-refractivity contribution < 1.29 is 0 Å². The number of unbranched alkanes of at least 4 members (excludes halogenated alkanes) is 1. The molecule has 0 spiro atoms. The van der Waals surface area contributed by atoms with Crippen LogP contribution in [0.1, 0.15) is 49.1 Å². The van der Waals surface area contributed by atoms with E-state index in [0.29, 0.717) is 0 Å². The van der Waals surface area contributed by atoms with Crippen LogP contribution in [0.15, 0.2) is 42.5 Å². The molecular weight excluding hydrogens is 280 g/mol. The van der Waals surface area contributed by atoms with Gasteiger partial charge >= 0.3 is 0 Å². The molecule has 2 aromatic carbocycles. The molecule has 3 rings (SSSR count). The van der Waals surface area contributed by atoms with Crippen molar-refractivity contribution in [2.45, 2.75) is 39.5 Å². The first-order chi connectivity index (χ1) is 11.3. The number of para-hydroxylation sites is 1. The minimum Gasteiger partial charge on any atom is -0.277 e. The molecule has 1 N–H and O–H groups in total. The third-order valence-corrected chi connectivity index (χ3v) is 4.34. The molecule has 0 unspecified atom stereocenters. The fourth-order valence-corrected chi connectivity index (χ4v) is 2.98. The van der Waals surface area contributed by atoms with Gasteiger partial charge in [-0.2, -0.15) is 5.10 Å². The van der Waals surface area contributed by atoms with Crippen LogP contribution in [0, 0.1) is 0 Å². The number of H-pyrrole nitrogens is 1. The highest BCUT2D eigenvalue weighted by Gasteiger charge is 2.03. The van der Waals surface area contributed by atoms with E-state index in [1.807, 2.05) is 12.1 Å². The van der Waals surface area contributed by atoms with E-state index in [4.69, 9.17) is 0 Å². The number of hydrogen-bond donors (Lipinski definition) is 1. The summed E-state index contributed by atoms with van der Waals surface area (Å²) in [5.74, 6) is 0. The molecule has 0 fully saturated rings. The summed E-state index contributed by atoms with van der Waals surface area (Å²) in [5.41, 5.74) is 6.29. The summed E-state index contributed by atoms with van der Waals surface area (Å²) in [6, 6.07) is 15.0. The Labute approximate surface area is 138 Å². The number of nitrogens with zero attached hydrogens (tertiary/aromatic N) is 1. The lowest BCUT2D eigenvalue weighted by molar-refractivity contribution is 0.787. The van der Waals surface area contributed by atoms with Crippen LogP contribution in [-0.4, -0.2) is 10.2 Å². The van der Waals surface area contributed by atoms with E-state index in [0.717, 1.165) is 17.6 Å². The van der Waals surface area contributed by atoms with Gasteiger partial charge in [0.2, 0.25) is 0 Å². The summed E-state index contributed by atoms with van der Waals surface area (Å²) < 4.78 is 0. The number of hydrogen-bond acceptors (Lipinski definition) is 1. The van der Waals surface area contributed by atoms with Crippen molar-refractivity contribution in [2.24, 2.45) is 0 Å². The van der Waals surface area contributed by atoms with Crippen LogP contribution in [0.5, 0.6) is 0 Å². The smallest absolute Gasteiger partial charge is 0.0927 e. The lowest BCUT2D eigenvalue weighted by atomic mass is 9.97. The first-order valence-corrected chi connectivity index (χ1v) is 8.54. The highest BCUT2D eigenvalue weighted by Crippen LogP contribution is 2.20. The summed E-state index contributed by atoms with van der Waals surface area (Å²) in [6.45, 7) is 4.48. The Morgan fingerprint density at radius 3 is 2.70 bits per heavy atom. The van der Waals surface area contributed by atoms with Crippen molar-refractivity contribution in [1.29, 1.82) is 0 Å². The zero-order chi connectivity index (χ0) is 16.1. The number of rotatable bonds is 6. The van der Waals surface area contributed by atoms with E-state index >= 15 is 0 Å². The highest BCUT2D eigenvalue weighted by molar-refractivity contribution is 5.89. The third kappa shape index (κ3) is 3.53. The summed E-state index contributed by atoms with van der Waals surface area (Å²) in [7, 11) is 0. The third-order valence-electron chi connectivity index (χ3n) is 4.34. The minimum absolute atomic E-state index is 0.996. The Morgan fingerprint density at radius 2 is 1.87 bits per heavy atom. The average Bonchev–Trinajstić information content (AvgIpc) is 3.01. The zero-order valence-corrected chi connectivity index (χ0v) is 14.0. The Balaban J connectivity index is 1.87. The number of nitrogens with one attached hydrogen (secondary N) is 1. The number of benzene rings is 2. The van der Waals surface area contributed by atoms with Gasteiger partial charge in [-0.05, 0) is 48.1 Å². The molecule has 118 valence electrons. The van der Waals surface area contributed by atoms with Gasteiger partial charge in [-0.15, -0.1) is 0 Å². The summed E-state index contributed by atoms with van der Waals surface area (Å²) >= 11 is 0. The van der Waals surface area contributed by atoms with Gasteiger partial charge in [0, 0.05) is 5.39 Å². The quantitative estimate of drug-likeness (QED) is 0.627. The van der Waals surface area contributed by atoms with Crippen LogP contribution in [0.2, 0.25) is 0 Å². The number of aromatic amines is 1. The fraction of sp³-hybridized carbons (Fsp3) is 0.286. The highest BCUT2D eigenvalue weighted by atomic mass is 15.1. The predicted molar refractivity (Wildman–Crippen MR) is 99.5 cm³/mol. The Kier molecular flexibility index (Phi) is 4.92. The van der Waals surface area contributed by atoms with Gasteiger partial charge in [0.1, 0.15) is 0 Å². The van der Waals surface area contributed by atoms with Crippen LogP contribution in [0.25, 0.3) is 23.1 Å². The largest absolute Gasteiger partial charge is 0.277 e. The topological polar surface area (TPSA) is 28.7 Å². The van der Waals surface area contributed by atoms with Gasteiger partial charge in [0.05, 0.1) is 11.2 Å². The minimum atomic E-state index is 0.996. The van der Waals surface area contributed by atoms with E-state index in [9.17, 15) is 0 Å². The molecule has 2 nitrogen and oxygen atoms in total. The summed E-state index contributed by atoms with van der Waals surface area (Å²) in [5, 5.41) is 8.65. The fourth-order valence-electron chi connectivity index (χ4n) is 2.98. The molecule has 0 aliphatic rings. The van der Waals surface area contributed by atoms with Crippen molar-refractivity contribution in [3.63, 3.8) is 0 Å². The first-order valence-electron chi connectivity index (χ1n) is 8.54. The standard InChI is InChI=1S/C21H24N2/c1-3-5-8-18-15-16(11-13-17(18)4-2)12-14-21-19-9-6-7-10-20(19)22-23-21/h6-7,9-15H,3-5,8H2,1-2H3,(H,22,23)/b14-12+. The molecule has 3 aromatic rings. The molecule has 0 bridgehead atoms. The van der Waals surface area contributed by atoms with Crippen LogP contribution in [0.4, 0.5) is 0 Å². The van der Waals surface area contributed by atoms with Crippen LogP contribution in [-0.2, 0) is 12.8 Å². The maximum atomic E-state index is 4.40. The molecular formula is C21H24N2. The van der Waals surface area contributed by atoms with Gasteiger partial charge in [0.25, 0.3) is 0 Å². The Hall–Kier alpha value is -2.35. The number of aromatic nitrogens is 2. The molecule has 0 aliphatic heterocycles. The molecule has 1 heterocycles. The number of fused-ring (bicyclic) bond motifs is 1. The van der Waals surface area contributed by atoms with E-state index in [2.05, 4.69) is 66.5 Å². The zero-order valence-electron chi connectivity index (χ0n) is 14.0. The first kappa shape index (κ1) is 15.5. The molecule has 0 radical (unpaired) electrons. The van der Waals surface area contributed by atoms with E-state index < -0.39 is 0 Å². The lowest BCUT2D eigenvalue weighted by Gasteiger charge is -2.08. The van der Waals surface area contributed by atoms with Gasteiger partial charge in [-0.3, -0.25) is 5.10 Å². The molecule has 2 heteroatoms. The molecule has 0 aliphatic carbocycles. The van der Waals surface area contributed by atoms with Crippen LogP contribution >= 0.6 is 0 Å². The maximum absolute atomic E-state index is 4.40. The van der Waals surface area contributed by atoms with Crippen molar-refractivity contribution in [1.82, 2.24) is 10.2 Å². The van der Waals surface area contributed by atoms with Gasteiger partial charge < -0.3 is 0 Å². The second kappa shape index (κ2) is 7.28. The molecule has 0 saturated heterocycles. The second-order valence-electron chi connectivity index (χ2n) is 5.97. The van der Waals surface area contributed by atoms with Gasteiger partial charge in [-0.1, -0.05) is 62.7 Å². The van der Waals surface area contributed by atoms with Gasteiger partial charge in [-0.25, -0.2) is 0 Å². The van der Waals surface area contributed by atoms with Gasteiger partial charge in [0.15, 0.2) is 0 Å². The SMILES string of the molecule is CCCCc1cc(/C=C/c2n[nH]c3ccccc23)ccc1CC. The van der Waals surface area contributed by atoms with Crippen molar-refractivity contribution in [3.05, 3.63) is 64.8 Å². The average molecular weight is 304 g/mol. The van der Waals surface area contributed by atoms with E-state index in [1.54, 1.807) is 0 Å². The Bertz CT molecular complexity index is 812. The monoisotopic (exact) mass is 304 g/mol. The molecule has 0 saturated carbocycles. The molecule has 0 amide bonds. The van der Waals surface area contributed by atoms with E-state index in [1.165, 1.54) is 41.3 Å². The van der Waals surface area contributed by atoms with Crippen LogP contribution in [0.3, 0.4) is 0 Å². The molecule has 0 atom stereocenters. The maximum Gasteiger partial charge on any atom is 0.0927 e. The molecule has 23 heavy (non-hydrogen) atoms. The van der Waals surface area contributed by atoms with E-state index in [-0.39, 0.29) is 0 Å². The van der Waals surface area contributed by atoms with Crippen molar-refractivity contribution >= 4 is 23.1 Å². The normalized spacial score (nSPS) is 11.6.